The topological polar surface area (TPSA) is 66.5 Å². The second-order valence-electron chi connectivity index (χ2n) is 7.30. The van der Waals surface area contributed by atoms with Gasteiger partial charge in [0.1, 0.15) is 6.04 Å². The first-order chi connectivity index (χ1) is 14.4. The number of fused-ring (bicyclic) bond motifs is 1. The quantitative estimate of drug-likeness (QED) is 0.653. The molecule has 3 aromatic rings. The van der Waals surface area contributed by atoms with E-state index < -0.39 is 16.1 Å². The molecule has 1 heterocycles. The van der Waals surface area contributed by atoms with E-state index >= 15 is 0 Å². The molecule has 1 unspecified atom stereocenters. The fourth-order valence-electron chi connectivity index (χ4n) is 3.65. The Labute approximate surface area is 181 Å². The number of rotatable bonds is 4. The van der Waals surface area contributed by atoms with Crippen molar-refractivity contribution in [3.8, 4) is 0 Å². The molecule has 0 saturated heterocycles. The number of nitrogens with one attached hydrogen (secondary N) is 1. The molecule has 154 valence electrons. The maximum atomic E-state index is 13.4. The molecule has 4 rings (SSSR count). The Morgan fingerprint density at radius 2 is 1.60 bits per heavy atom. The van der Waals surface area contributed by atoms with E-state index in [1.807, 2.05) is 55.5 Å². The SMILES string of the molecule is Cc1ccccc1NC(=O)C1Cc2ccccc2CN1S(=O)(=O)c1ccc(Cl)cc1. The van der Waals surface area contributed by atoms with Crippen LogP contribution < -0.4 is 5.32 Å². The lowest BCUT2D eigenvalue weighted by Gasteiger charge is -2.35. The summed E-state index contributed by atoms with van der Waals surface area (Å²) >= 11 is 5.93. The molecule has 30 heavy (non-hydrogen) atoms. The Balaban J connectivity index is 1.73. The summed E-state index contributed by atoms with van der Waals surface area (Å²) in [5, 5.41) is 3.36. The van der Waals surface area contributed by atoms with Crippen LogP contribution in [0.4, 0.5) is 5.69 Å². The van der Waals surface area contributed by atoms with Crippen LogP contribution in [0.1, 0.15) is 16.7 Å². The van der Waals surface area contributed by atoms with Crippen LogP contribution in [0.15, 0.2) is 77.7 Å². The van der Waals surface area contributed by atoms with Gasteiger partial charge in [-0.2, -0.15) is 4.31 Å². The second-order valence-corrected chi connectivity index (χ2v) is 9.62. The van der Waals surface area contributed by atoms with Gasteiger partial charge in [-0.3, -0.25) is 4.79 Å². The number of hydrogen-bond donors (Lipinski definition) is 1. The van der Waals surface area contributed by atoms with Gasteiger partial charge < -0.3 is 5.32 Å². The van der Waals surface area contributed by atoms with Crippen molar-refractivity contribution < 1.29 is 13.2 Å². The lowest BCUT2D eigenvalue weighted by molar-refractivity contribution is -0.120. The van der Waals surface area contributed by atoms with Crippen molar-refractivity contribution in [3.63, 3.8) is 0 Å². The van der Waals surface area contributed by atoms with Crippen molar-refractivity contribution >= 4 is 33.2 Å². The van der Waals surface area contributed by atoms with Crippen LogP contribution in [0.25, 0.3) is 0 Å². The van der Waals surface area contributed by atoms with Gasteiger partial charge in [-0.25, -0.2) is 8.42 Å². The highest BCUT2D eigenvalue weighted by Crippen LogP contribution is 2.30. The number of carbonyl (C=O) groups is 1. The number of sulfonamides is 1. The van der Waals surface area contributed by atoms with Crippen molar-refractivity contribution in [2.45, 2.75) is 30.8 Å². The Morgan fingerprint density at radius 3 is 2.30 bits per heavy atom. The molecule has 0 bridgehead atoms. The maximum Gasteiger partial charge on any atom is 0.244 e. The van der Waals surface area contributed by atoms with Gasteiger partial charge in [0.15, 0.2) is 0 Å². The van der Waals surface area contributed by atoms with Crippen LogP contribution in [0, 0.1) is 6.92 Å². The van der Waals surface area contributed by atoms with Crippen molar-refractivity contribution in [2.75, 3.05) is 5.32 Å². The van der Waals surface area contributed by atoms with E-state index in [1.165, 1.54) is 28.6 Å². The number of para-hydroxylation sites is 1. The summed E-state index contributed by atoms with van der Waals surface area (Å²) in [6, 6.07) is 20.2. The van der Waals surface area contributed by atoms with Crippen molar-refractivity contribution in [1.82, 2.24) is 4.31 Å². The fourth-order valence-corrected chi connectivity index (χ4v) is 5.34. The van der Waals surface area contributed by atoms with Gasteiger partial charge in [0, 0.05) is 17.3 Å². The Kier molecular flexibility index (Phi) is 5.64. The summed E-state index contributed by atoms with van der Waals surface area (Å²) < 4.78 is 28.2. The summed E-state index contributed by atoms with van der Waals surface area (Å²) in [7, 11) is -3.90. The first-order valence-electron chi connectivity index (χ1n) is 9.57. The van der Waals surface area contributed by atoms with Crippen LogP contribution in [0.5, 0.6) is 0 Å². The molecule has 5 nitrogen and oxygen atoms in total. The smallest absolute Gasteiger partial charge is 0.244 e. The number of nitrogens with zero attached hydrogens (tertiary/aromatic N) is 1. The van der Waals surface area contributed by atoms with E-state index in [-0.39, 0.29) is 17.3 Å². The largest absolute Gasteiger partial charge is 0.324 e. The molecule has 1 aliphatic heterocycles. The molecule has 0 spiro atoms. The molecule has 1 amide bonds. The van der Waals surface area contributed by atoms with Gasteiger partial charge in [-0.1, -0.05) is 54.1 Å². The first kappa shape index (κ1) is 20.6. The first-order valence-corrected chi connectivity index (χ1v) is 11.4. The standard InChI is InChI=1S/C23H21ClN2O3S/c1-16-6-2-5-9-21(16)25-23(27)22-14-17-7-3-4-8-18(17)15-26(22)30(28,29)20-12-10-19(24)11-13-20/h2-13,22H,14-15H2,1H3,(H,25,27). The number of anilines is 1. The third-order valence-corrected chi connectivity index (χ3v) is 7.45. The van der Waals surface area contributed by atoms with Gasteiger partial charge in [-0.15, -0.1) is 0 Å². The van der Waals surface area contributed by atoms with E-state index in [2.05, 4.69) is 5.32 Å². The summed E-state index contributed by atoms with van der Waals surface area (Å²) in [6.07, 6.45) is 0.306. The van der Waals surface area contributed by atoms with E-state index in [0.717, 1.165) is 16.7 Å². The Hall–Kier alpha value is -2.67. The third-order valence-electron chi connectivity index (χ3n) is 5.33. The van der Waals surface area contributed by atoms with Crippen molar-refractivity contribution in [2.24, 2.45) is 0 Å². The third kappa shape index (κ3) is 3.99. The molecule has 1 atom stereocenters. The van der Waals surface area contributed by atoms with Crippen LogP contribution in [0.2, 0.25) is 5.02 Å². The number of carbonyl (C=O) groups excluding carboxylic acids is 1. The molecule has 3 aromatic carbocycles. The molecule has 1 N–H and O–H groups in total. The zero-order valence-corrected chi connectivity index (χ0v) is 18.0. The summed E-state index contributed by atoms with van der Waals surface area (Å²) in [6.45, 7) is 2.03. The number of halogens is 1. The second kappa shape index (κ2) is 8.22. The predicted octanol–water partition coefficient (Wildman–Crippen LogP) is 4.40. The zero-order valence-electron chi connectivity index (χ0n) is 16.4. The van der Waals surface area contributed by atoms with Gasteiger partial charge in [-0.05, 0) is 60.4 Å². The molecule has 0 aromatic heterocycles. The van der Waals surface area contributed by atoms with Crippen LogP contribution in [0.3, 0.4) is 0 Å². The number of amides is 1. The summed E-state index contributed by atoms with van der Waals surface area (Å²) in [4.78, 5) is 13.3. The van der Waals surface area contributed by atoms with Crippen molar-refractivity contribution in [1.29, 1.82) is 0 Å². The number of benzene rings is 3. The summed E-state index contributed by atoms with van der Waals surface area (Å²) in [5.41, 5.74) is 3.46. The monoisotopic (exact) mass is 440 g/mol. The maximum absolute atomic E-state index is 13.4. The van der Waals surface area contributed by atoms with Gasteiger partial charge in [0.2, 0.25) is 15.9 Å². The molecule has 0 radical (unpaired) electrons. The summed E-state index contributed by atoms with van der Waals surface area (Å²) in [5.74, 6) is -0.351. The van der Waals surface area contributed by atoms with Gasteiger partial charge in [0.05, 0.1) is 4.90 Å². The van der Waals surface area contributed by atoms with Crippen LogP contribution >= 0.6 is 11.6 Å². The number of aryl methyl sites for hydroxylation is 1. The average molecular weight is 441 g/mol. The molecule has 0 saturated carbocycles. The number of hydrogen-bond acceptors (Lipinski definition) is 3. The minimum Gasteiger partial charge on any atom is -0.324 e. The van der Waals surface area contributed by atoms with Crippen molar-refractivity contribution in [3.05, 3.63) is 94.5 Å². The minimum absolute atomic E-state index is 0.111. The lowest BCUT2D eigenvalue weighted by Crippen LogP contribution is -2.50. The van der Waals surface area contributed by atoms with Gasteiger partial charge >= 0.3 is 0 Å². The highest BCUT2D eigenvalue weighted by atomic mass is 35.5. The Morgan fingerprint density at radius 1 is 0.967 bits per heavy atom. The molecule has 7 heteroatoms. The Bertz CT molecular complexity index is 1190. The van der Waals surface area contributed by atoms with E-state index in [9.17, 15) is 13.2 Å². The molecule has 0 aliphatic carbocycles. The van der Waals surface area contributed by atoms with Gasteiger partial charge in [0.25, 0.3) is 0 Å². The fraction of sp³-hybridized carbons (Fsp3) is 0.174. The lowest BCUT2D eigenvalue weighted by atomic mass is 9.95. The average Bonchev–Trinajstić information content (AvgIpc) is 2.74. The normalized spacial score (nSPS) is 16.7. The van der Waals surface area contributed by atoms with Crippen LogP contribution in [-0.2, 0) is 27.8 Å². The van der Waals surface area contributed by atoms with Crippen LogP contribution in [-0.4, -0.2) is 24.7 Å². The molecular formula is C23H21ClN2O3S. The molecule has 0 fully saturated rings. The molecule has 1 aliphatic rings. The zero-order chi connectivity index (χ0) is 21.3. The highest BCUT2D eigenvalue weighted by Gasteiger charge is 2.39. The van der Waals surface area contributed by atoms with E-state index in [4.69, 9.17) is 11.6 Å². The van der Waals surface area contributed by atoms with E-state index in [0.29, 0.717) is 17.1 Å². The minimum atomic E-state index is -3.90. The van der Waals surface area contributed by atoms with E-state index in [1.54, 1.807) is 0 Å². The highest BCUT2D eigenvalue weighted by molar-refractivity contribution is 7.89. The molecular weight excluding hydrogens is 420 g/mol. The predicted molar refractivity (Wildman–Crippen MR) is 118 cm³/mol.